The van der Waals surface area contributed by atoms with Crippen LogP contribution in [-0.4, -0.2) is 19.6 Å². The van der Waals surface area contributed by atoms with Crippen molar-refractivity contribution in [1.29, 1.82) is 0 Å². The maximum Gasteiger partial charge on any atom is 0.0889 e. The maximum absolute atomic E-state index is 12.4. The summed E-state index contributed by atoms with van der Waals surface area (Å²) in [4.78, 5) is 2.15. The van der Waals surface area contributed by atoms with Gasteiger partial charge < -0.3 is 10.6 Å². The second-order valence-electron chi connectivity index (χ2n) is 3.70. The predicted octanol–water partition coefficient (Wildman–Crippen LogP) is 1.66. The van der Waals surface area contributed by atoms with E-state index in [9.17, 15) is 4.39 Å². The van der Waals surface area contributed by atoms with Crippen LogP contribution in [0.15, 0.2) is 30.1 Å². The van der Waals surface area contributed by atoms with Gasteiger partial charge in [0.2, 0.25) is 0 Å². The average Bonchev–Trinajstić information content (AvgIpc) is 2.69. The Kier molecular flexibility index (Phi) is 3.02. The summed E-state index contributed by atoms with van der Waals surface area (Å²) in [7, 11) is 0. The van der Waals surface area contributed by atoms with Crippen LogP contribution in [0, 0.1) is 6.07 Å². The molecule has 1 aromatic rings. The van der Waals surface area contributed by atoms with E-state index < -0.39 is 0 Å². The largest absolute Gasteiger partial charge is 0.367 e. The van der Waals surface area contributed by atoms with Gasteiger partial charge in [-0.05, 0) is 35.8 Å². The number of nitrogens with two attached hydrogens (primary N) is 1. The van der Waals surface area contributed by atoms with E-state index in [1.54, 1.807) is 0 Å². The van der Waals surface area contributed by atoms with Crippen LogP contribution in [0.4, 0.5) is 10.1 Å². The highest BCUT2D eigenvalue weighted by Gasteiger charge is 2.18. The van der Waals surface area contributed by atoms with Gasteiger partial charge in [-0.25, -0.2) is 4.39 Å². The van der Waals surface area contributed by atoms with E-state index >= 15 is 0 Å². The molecule has 2 N–H and O–H groups in total. The van der Waals surface area contributed by atoms with Gasteiger partial charge in [0.05, 0.1) is 6.33 Å². The molecule has 1 heterocycles. The lowest BCUT2D eigenvalue weighted by atomic mass is 10.2. The lowest BCUT2D eigenvalue weighted by molar-refractivity contribution is 0.695. The summed E-state index contributed by atoms with van der Waals surface area (Å²) in [6, 6.07) is 8.96. The van der Waals surface area contributed by atoms with Crippen molar-refractivity contribution >= 4 is 5.69 Å². The van der Waals surface area contributed by atoms with E-state index in [-0.39, 0.29) is 6.54 Å². The first-order valence-corrected chi connectivity index (χ1v) is 5.07. The van der Waals surface area contributed by atoms with Crippen LogP contribution in [0.25, 0.3) is 0 Å². The summed E-state index contributed by atoms with van der Waals surface area (Å²) in [5, 5.41) is 0. The topological polar surface area (TPSA) is 29.3 Å². The van der Waals surface area contributed by atoms with E-state index in [1.165, 1.54) is 11.3 Å². The molecule has 15 heavy (non-hydrogen) atoms. The Balaban J connectivity index is 2.14. The van der Waals surface area contributed by atoms with Crippen molar-refractivity contribution in [2.45, 2.75) is 6.42 Å². The first-order chi connectivity index (χ1) is 7.35. The van der Waals surface area contributed by atoms with Crippen molar-refractivity contribution in [2.75, 3.05) is 24.5 Å². The summed E-state index contributed by atoms with van der Waals surface area (Å²) >= 11 is 0. The van der Waals surface area contributed by atoms with E-state index in [0.29, 0.717) is 18.4 Å². The predicted molar refractivity (Wildman–Crippen MR) is 59.4 cm³/mol. The van der Waals surface area contributed by atoms with Crippen molar-refractivity contribution in [1.82, 2.24) is 0 Å². The molecule has 1 aliphatic heterocycles. The summed E-state index contributed by atoms with van der Waals surface area (Å²) in [5.74, 6) is 0. The highest BCUT2D eigenvalue weighted by atomic mass is 19.1. The third-order valence-corrected chi connectivity index (χ3v) is 2.73. The SMILES string of the molecule is NCC(=CF)CN1CCc2c[c]ccc21. The lowest BCUT2D eigenvalue weighted by Crippen LogP contribution is -2.25. The molecule has 3 heteroatoms. The van der Waals surface area contributed by atoms with Crippen LogP contribution in [0.5, 0.6) is 0 Å². The van der Waals surface area contributed by atoms with E-state index in [1.807, 2.05) is 18.2 Å². The third-order valence-electron chi connectivity index (χ3n) is 2.73. The van der Waals surface area contributed by atoms with Crippen molar-refractivity contribution in [2.24, 2.45) is 5.73 Å². The Morgan fingerprint density at radius 2 is 2.53 bits per heavy atom. The number of rotatable bonds is 3. The molecule has 1 radical (unpaired) electrons. The van der Waals surface area contributed by atoms with Crippen molar-refractivity contribution in [3.05, 3.63) is 41.7 Å². The fourth-order valence-electron chi connectivity index (χ4n) is 1.89. The van der Waals surface area contributed by atoms with Gasteiger partial charge in [-0.2, -0.15) is 0 Å². The van der Waals surface area contributed by atoms with Gasteiger partial charge in [-0.3, -0.25) is 0 Å². The standard InChI is InChI=1S/C12H14FN2/c13-7-10(8-14)9-15-6-5-11-3-1-2-4-12(11)15/h2-4,7H,5-6,8-9,14H2. The molecule has 79 valence electrons. The molecule has 0 atom stereocenters. The van der Waals surface area contributed by atoms with Gasteiger partial charge in [0.25, 0.3) is 0 Å². The number of halogens is 1. The Morgan fingerprint density at radius 3 is 3.27 bits per heavy atom. The van der Waals surface area contributed by atoms with E-state index in [0.717, 1.165) is 13.0 Å². The fourth-order valence-corrected chi connectivity index (χ4v) is 1.89. The summed E-state index contributed by atoms with van der Waals surface area (Å²) in [5.41, 5.74) is 8.54. The van der Waals surface area contributed by atoms with Gasteiger partial charge in [-0.1, -0.05) is 6.07 Å². The van der Waals surface area contributed by atoms with Gasteiger partial charge in [-0.15, -0.1) is 0 Å². The summed E-state index contributed by atoms with van der Waals surface area (Å²) < 4.78 is 12.4. The number of fused-ring (bicyclic) bond motifs is 1. The monoisotopic (exact) mass is 205 g/mol. The molecular weight excluding hydrogens is 191 g/mol. The first kappa shape index (κ1) is 10.2. The van der Waals surface area contributed by atoms with Crippen LogP contribution in [0.1, 0.15) is 5.56 Å². The fraction of sp³-hybridized carbons (Fsp3) is 0.333. The van der Waals surface area contributed by atoms with Gasteiger partial charge in [0, 0.05) is 25.3 Å². The van der Waals surface area contributed by atoms with Gasteiger partial charge in [0.1, 0.15) is 0 Å². The van der Waals surface area contributed by atoms with Crippen LogP contribution < -0.4 is 10.6 Å². The zero-order valence-corrected chi connectivity index (χ0v) is 8.54. The zero-order chi connectivity index (χ0) is 10.7. The Hall–Kier alpha value is -1.35. The van der Waals surface area contributed by atoms with Crippen LogP contribution in [-0.2, 0) is 6.42 Å². The van der Waals surface area contributed by atoms with Gasteiger partial charge in [0.15, 0.2) is 0 Å². The maximum atomic E-state index is 12.4. The lowest BCUT2D eigenvalue weighted by Gasteiger charge is -2.19. The summed E-state index contributed by atoms with van der Waals surface area (Å²) in [6.07, 6.45) is 1.63. The molecule has 0 amide bonds. The van der Waals surface area contributed by atoms with Crippen molar-refractivity contribution in [3.63, 3.8) is 0 Å². The smallest absolute Gasteiger partial charge is 0.0889 e. The Labute approximate surface area is 89.2 Å². The number of benzene rings is 1. The molecule has 0 saturated heterocycles. The molecule has 2 rings (SSSR count). The molecule has 0 fully saturated rings. The minimum atomic E-state index is 0.279. The molecule has 1 aliphatic rings. The first-order valence-electron chi connectivity index (χ1n) is 5.07. The second-order valence-corrected chi connectivity index (χ2v) is 3.70. The third kappa shape index (κ3) is 2.02. The number of hydrogen-bond acceptors (Lipinski definition) is 2. The normalized spacial score (nSPS) is 15.6. The Bertz CT molecular complexity index is 374. The van der Waals surface area contributed by atoms with Crippen LogP contribution in [0.2, 0.25) is 0 Å². The minimum Gasteiger partial charge on any atom is -0.367 e. The molecule has 0 aliphatic carbocycles. The highest BCUT2D eigenvalue weighted by Crippen LogP contribution is 2.27. The Morgan fingerprint density at radius 1 is 1.67 bits per heavy atom. The summed E-state index contributed by atoms with van der Waals surface area (Å²) in [6.45, 7) is 1.80. The van der Waals surface area contributed by atoms with Crippen molar-refractivity contribution < 1.29 is 4.39 Å². The molecule has 0 unspecified atom stereocenters. The molecule has 0 saturated carbocycles. The van der Waals surface area contributed by atoms with E-state index in [4.69, 9.17) is 5.73 Å². The second kappa shape index (κ2) is 4.45. The average molecular weight is 205 g/mol. The van der Waals surface area contributed by atoms with Crippen molar-refractivity contribution in [3.8, 4) is 0 Å². The zero-order valence-electron chi connectivity index (χ0n) is 8.54. The number of anilines is 1. The van der Waals surface area contributed by atoms with Gasteiger partial charge >= 0.3 is 0 Å². The number of hydrogen-bond donors (Lipinski definition) is 1. The molecule has 0 bridgehead atoms. The van der Waals surface area contributed by atoms with Crippen LogP contribution in [0.3, 0.4) is 0 Å². The minimum absolute atomic E-state index is 0.279. The molecule has 1 aromatic carbocycles. The molecule has 0 spiro atoms. The molecule has 0 aromatic heterocycles. The highest BCUT2D eigenvalue weighted by molar-refractivity contribution is 5.58. The van der Waals surface area contributed by atoms with E-state index in [2.05, 4.69) is 11.0 Å². The number of nitrogens with zero attached hydrogens (tertiary/aromatic N) is 1. The molecular formula is C12H14FN2. The van der Waals surface area contributed by atoms with Crippen LogP contribution >= 0.6 is 0 Å². The quantitative estimate of drug-likeness (QED) is 0.813. The molecule has 2 nitrogen and oxygen atoms in total.